The van der Waals surface area contributed by atoms with Gasteiger partial charge in [0, 0.05) is 39.6 Å². The van der Waals surface area contributed by atoms with Gasteiger partial charge in [-0.25, -0.2) is 0 Å². The van der Waals surface area contributed by atoms with Crippen LogP contribution in [0, 0.1) is 0 Å². The molecule has 5 nitrogen and oxygen atoms in total. The molecule has 0 bridgehead atoms. The van der Waals surface area contributed by atoms with Gasteiger partial charge in [-0.3, -0.25) is 0 Å². The monoisotopic (exact) mass is 278 g/mol. The van der Waals surface area contributed by atoms with Crippen LogP contribution in [-0.4, -0.2) is 53.2 Å². The van der Waals surface area contributed by atoms with Gasteiger partial charge in [0.15, 0.2) is 0 Å². The van der Waals surface area contributed by atoms with Crippen molar-refractivity contribution < 1.29 is 23.7 Å². The van der Waals surface area contributed by atoms with E-state index in [0.717, 1.165) is 52.1 Å². The first-order chi connectivity index (χ1) is 9.41. The first kappa shape index (κ1) is 18.8. The van der Waals surface area contributed by atoms with Gasteiger partial charge in [0.05, 0.1) is 0 Å². The van der Waals surface area contributed by atoms with Crippen molar-refractivity contribution >= 4 is 0 Å². The predicted molar refractivity (Wildman–Crippen MR) is 74.2 cm³/mol. The molecule has 0 aliphatic carbocycles. The standard InChI is InChI=1S/C14H30O5/c1-3-15-9-5-7-11-17-13-19-14-18-12-8-6-10-16-4-2/h3-14H2,1-2H3. The summed E-state index contributed by atoms with van der Waals surface area (Å²) in [5, 5.41) is 0. The summed E-state index contributed by atoms with van der Waals surface area (Å²) < 4.78 is 26.2. The lowest BCUT2D eigenvalue weighted by Crippen LogP contribution is -2.07. The van der Waals surface area contributed by atoms with Crippen molar-refractivity contribution in [3.05, 3.63) is 0 Å². The molecule has 0 saturated carbocycles. The highest BCUT2D eigenvalue weighted by atomic mass is 16.7. The maximum absolute atomic E-state index is 5.30. The molecule has 0 rings (SSSR count). The highest BCUT2D eigenvalue weighted by molar-refractivity contribution is 4.37. The Labute approximate surface area is 117 Å². The molecular weight excluding hydrogens is 248 g/mol. The Bertz CT molecular complexity index is 139. The van der Waals surface area contributed by atoms with Crippen LogP contribution in [0.2, 0.25) is 0 Å². The third-order valence-corrected chi connectivity index (χ3v) is 2.40. The fourth-order valence-corrected chi connectivity index (χ4v) is 1.37. The quantitative estimate of drug-likeness (QED) is 0.321. The third kappa shape index (κ3) is 17.8. The van der Waals surface area contributed by atoms with Crippen LogP contribution in [0.4, 0.5) is 0 Å². The van der Waals surface area contributed by atoms with Gasteiger partial charge in [-0.15, -0.1) is 0 Å². The van der Waals surface area contributed by atoms with E-state index >= 15 is 0 Å². The minimum absolute atomic E-state index is 0.299. The van der Waals surface area contributed by atoms with E-state index in [0.29, 0.717) is 26.8 Å². The van der Waals surface area contributed by atoms with Gasteiger partial charge in [-0.2, -0.15) is 0 Å². The van der Waals surface area contributed by atoms with E-state index in [1.165, 1.54) is 0 Å². The largest absolute Gasteiger partial charge is 0.382 e. The molecule has 0 unspecified atom stereocenters. The van der Waals surface area contributed by atoms with E-state index in [9.17, 15) is 0 Å². The van der Waals surface area contributed by atoms with Crippen LogP contribution in [0.15, 0.2) is 0 Å². The van der Waals surface area contributed by atoms with Crippen LogP contribution in [0.1, 0.15) is 39.5 Å². The van der Waals surface area contributed by atoms with E-state index in [4.69, 9.17) is 23.7 Å². The zero-order valence-corrected chi connectivity index (χ0v) is 12.5. The molecule has 0 amide bonds. The number of unbranched alkanes of at least 4 members (excludes halogenated alkanes) is 2. The SMILES string of the molecule is CCOCCCCOCOCOCCCCOCC. The number of hydrogen-bond acceptors (Lipinski definition) is 5. The number of rotatable bonds is 16. The average Bonchev–Trinajstić information content (AvgIpc) is 2.43. The summed E-state index contributed by atoms with van der Waals surface area (Å²) in [5.74, 6) is 0. The molecular formula is C14H30O5. The molecule has 116 valence electrons. The summed E-state index contributed by atoms with van der Waals surface area (Å²) in [5.41, 5.74) is 0. The zero-order chi connectivity index (χ0) is 14.0. The zero-order valence-electron chi connectivity index (χ0n) is 12.5. The van der Waals surface area contributed by atoms with Crippen LogP contribution in [0.5, 0.6) is 0 Å². The topological polar surface area (TPSA) is 46.2 Å². The molecule has 5 heteroatoms. The van der Waals surface area contributed by atoms with Crippen molar-refractivity contribution in [3.63, 3.8) is 0 Å². The Morgan fingerprint density at radius 3 is 1.21 bits per heavy atom. The van der Waals surface area contributed by atoms with Gasteiger partial charge in [0.1, 0.15) is 13.6 Å². The summed E-state index contributed by atoms with van der Waals surface area (Å²) in [6, 6.07) is 0. The molecule has 0 aromatic rings. The second-order valence-electron chi connectivity index (χ2n) is 4.06. The summed E-state index contributed by atoms with van der Waals surface area (Å²) in [7, 11) is 0. The summed E-state index contributed by atoms with van der Waals surface area (Å²) >= 11 is 0. The maximum Gasteiger partial charge on any atom is 0.149 e. The summed E-state index contributed by atoms with van der Waals surface area (Å²) in [6.07, 6.45) is 4.07. The van der Waals surface area contributed by atoms with Gasteiger partial charge in [0.25, 0.3) is 0 Å². The molecule has 19 heavy (non-hydrogen) atoms. The maximum atomic E-state index is 5.30. The number of ether oxygens (including phenoxy) is 5. The van der Waals surface area contributed by atoms with Crippen LogP contribution in [0.25, 0.3) is 0 Å². The van der Waals surface area contributed by atoms with Gasteiger partial charge in [0.2, 0.25) is 0 Å². The van der Waals surface area contributed by atoms with Crippen molar-refractivity contribution in [3.8, 4) is 0 Å². The Morgan fingerprint density at radius 1 is 0.474 bits per heavy atom. The fraction of sp³-hybridized carbons (Fsp3) is 1.00. The molecule has 0 saturated heterocycles. The second kappa shape index (κ2) is 17.8. The lowest BCUT2D eigenvalue weighted by atomic mass is 10.3. The lowest BCUT2D eigenvalue weighted by molar-refractivity contribution is -0.132. The molecule has 0 atom stereocenters. The molecule has 0 aliphatic rings. The minimum Gasteiger partial charge on any atom is -0.382 e. The molecule has 0 N–H and O–H groups in total. The fourth-order valence-electron chi connectivity index (χ4n) is 1.37. The first-order valence-electron chi connectivity index (χ1n) is 7.30. The Balaban J connectivity index is 2.88. The molecule has 0 spiro atoms. The van der Waals surface area contributed by atoms with Crippen molar-refractivity contribution in [1.29, 1.82) is 0 Å². The minimum atomic E-state index is 0.299. The van der Waals surface area contributed by atoms with E-state index in [1.807, 2.05) is 13.8 Å². The van der Waals surface area contributed by atoms with Crippen molar-refractivity contribution in [1.82, 2.24) is 0 Å². The smallest absolute Gasteiger partial charge is 0.149 e. The third-order valence-electron chi connectivity index (χ3n) is 2.40. The first-order valence-corrected chi connectivity index (χ1v) is 7.30. The number of hydrogen-bond donors (Lipinski definition) is 0. The van der Waals surface area contributed by atoms with E-state index in [2.05, 4.69) is 0 Å². The van der Waals surface area contributed by atoms with Crippen molar-refractivity contribution in [2.45, 2.75) is 39.5 Å². The molecule has 0 aliphatic heterocycles. The van der Waals surface area contributed by atoms with Crippen LogP contribution in [0.3, 0.4) is 0 Å². The van der Waals surface area contributed by atoms with Crippen LogP contribution < -0.4 is 0 Å². The Hall–Kier alpha value is -0.200. The molecule has 0 aromatic carbocycles. The van der Waals surface area contributed by atoms with Crippen molar-refractivity contribution in [2.24, 2.45) is 0 Å². The van der Waals surface area contributed by atoms with Crippen LogP contribution >= 0.6 is 0 Å². The average molecular weight is 278 g/mol. The predicted octanol–water partition coefficient (Wildman–Crippen LogP) is 2.58. The van der Waals surface area contributed by atoms with Gasteiger partial charge in [-0.05, 0) is 39.5 Å². The van der Waals surface area contributed by atoms with Crippen molar-refractivity contribution in [2.75, 3.05) is 53.2 Å². The molecule has 0 aromatic heterocycles. The molecule has 0 radical (unpaired) electrons. The Kier molecular flexibility index (Phi) is 17.6. The van der Waals surface area contributed by atoms with Gasteiger partial charge < -0.3 is 23.7 Å². The van der Waals surface area contributed by atoms with E-state index in [1.54, 1.807) is 0 Å². The normalized spacial score (nSPS) is 11.1. The highest BCUT2D eigenvalue weighted by Crippen LogP contribution is 1.93. The summed E-state index contributed by atoms with van der Waals surface area (Å²) in [4.78, 5) is 0. The van der Waals surface area contributed by atoms with Gasteiger partial charge >= 0.3 is 0 Å². The molecule has 0 fully saturated rings. The van der Waals surface area contributed by atoms with E-state index < -0.39 is 0 Å². The lowest BCUT2D eigenvalue weighted by Gasteiger charge is -2.07. The van der Waals surface area contributed by atoms with Gasteiger partial charge in [-0.1, -0.05) is 0 Å². The molecule has 0 heterocycles. The summed E-state index contributed by atoms with van der Waals surface area (Å²) in [6.45, 7) is 9.21. The Morgan fingerprint density at radius 2 is 0.842 bits per heavy atom. The van der Waals surface area contributed by atoms with Crippen LogP contribution in [-0.2, 0) is 23.7 Å². The second-order valence-corrected chi connectivity index (χ2v) is 4.06. The van der Waals surface area contributed by atoms with E-state index in [-0.39, 0.29) is 0 Å². The highest BCUT2D eigenvalue weighted by Gasteiger charge is 1.92.